The van der Waals surface area contributed by atoms with Crippen LogP contribution < -0.4 is 18.7 Å². The second-order valence-corrected chi connectivity index (χ2v) is 13.4. The highest BCUT2D eigenvalue weighted by Gasteiger charge is 2.15. The van der Waals surface area contributed by atoms with Crippen molar-refractivity contribution in [1.29, 1.82) is 0 Å². The second kappa shape index (κ2) is 16.8. The van der Waals surface area contributed by atoms with Crippen LogP contribution in [-0.4, -0.2) is 53.0 Å². The lowest BCUT2D eigenvalue weighted by Gasteiger charge is -2.29. The van der Waals surface area contributed by atoms with Gasteiger partial charge in [-0.1, -0.05) is 51.8 Å². The van der Waals surface area contributed by atoms with Crippen molar-refractivity contribution in [1.82, 2.24) is 33.8 Å². The highest BCUT2D eigenvalue weighted by molar-refractivity contribution is 7.75. The van der Waals surface area contributed by atoms with Crippen molar-refractivity contribution in [2.75, 3.05) is 13.7 Å². The Morgan fingerprint density at radius 3 is 2.13 bits per heavy atom. The highest BCUT2D eigenvalue weighted by Crippen LogP contribution is 2.44. The topological polar surface area (TPSA) is 81.9 Å². The minimum atomic E-state index is 0. The Bertz CT molecular complexity index is 1800. The second-order valence-electron chi connectivity index (χ2n) is 11.3. The van der Waals surface area contributed by atoms with E-state index >= 15 is 0 Å². The number of aromatic nitrogens is 10. The van der Waals surface area contributed by atoms with Crippen molar-refractivity contribution >= 4 is 25.0 Å². The van der Waals surface area contributed by atoms with E-state index in [0.717, 1.165) is 17.2 Å². The van der Waals surface area contributed by atoms with Gasteiger partial charge in [-0.3, -0.25) is 18.9 Å². The maximum Gasteiger partial charge on any atom is 0.322 e. The molecular formula is C34H54N11P. The van der Waals surface area contributed by atoms with Crippen LogP contribution in [0, 0.1) is 33.7 Å². The first-order valence-corrected chi connectivity index (χ1v) is 16.7. The predicted octanol–water partition coefficient (Wildman–Crippen LogP) is 4.14. The van der Waals surface area contributed by atoms with E-state index in [1.165, 1.54) is 28.5 Å². The van der Waals surface area contributed by atoms with Crippen LogP contribution in [0.2, 0.25) is 0 Å². The molecule has 0 saturated heterocycles. The molecule has 7 rings (SSSR count). The van der Waals surface area contributed by atoms with Crippen LogP contribution in [0.3, 0.4) is 0 Å². The minimum Gasteiger partial charge on any atom is -0.394 e. The molecular weight excluding hydrogens is 593 g/mol. The van der Waals surface area contributed by atoms with Gasteiger partial charge in [-0.15, -0.1) is 13.2 Å². The highest BCUT2D eigenvalue weighted by atomic mass is 31.1. The Morgan fingerprint density at radius 1 is 0.957 bits per heavy atom. The molecule has 0 bridgehead atoms. The zero-order valence-electron chi connectivity index (χ0n) is 29.2. The van der Waals surface area contributed by atoms with Crippen LogP contribution in [0.1, 0.15) is 51.1 Å². The fourth-order valence-electron chi connectivity index (χ4n) is 4.47. The SMILES string of the molecule is C.CC1=C(C)P(C)C=[N+](C)[C-]1C.C[c-]1[c-]2ccc[n+]2c[n+]1C.C[n+]1cn2cccc2[n-]1.Cc1ncn(C)c1C.Cc1ncn(C)n1. The summed E-state index contributed by atoms with van der Waals surface area (Å²) in [6.45, 7) is 17.0. The first kappa shape index (κ1) is 37.8. The van der Waals surface area contributed by atoms with Crippen LogP contribution in [0.4, 0.5) is 0 Å². The van der Waals surface area contributed by atoms with Crippen molar-refractivity contribution < 1.29 is 18.2 Å². The number of aryl methyl sites for hydroxylation is 7. The van der Waals surface area contributed by atoms with Crippen molar-refractivity contribution in [2.45, 2.75) is 55.9 Å². The molecule has 1 aliphatic rings. The van der Waals surface area contributed by atoms with Gasteiger partial charge in [-0.25, -0.2) is 14.5 Å². The summed E-state index contributed by atoms with van der Waals surface area (Å²) in [7, 11) is 9.94. The third-order valence-electron chi connectivity index (χ3n) is 7.97. The van der Waals surface area contributed by atoms with Crippen LogP contribution in [0.15, 0.2) is 72.9 Å². The molecule has 12 heteroatoms. The fraction of sp³-hybridized carbons (Fsp3) is 0.412. The van der Waals surface area contributed by atoms with E-state index in [1.54, 1.807) is 21.0 Å². The molecule has 6 aromatic heterocycles. The summed E-state index contributed by atoms with van der Waals surface area (Å²) >= 11 is 0. The molecule has 250 valence electrons. The Balaban J connectivity index is 0.000000201. The average molecular weight is 648 g/mol. The molecule has 1 unspecified atom stereocenters. The molecule has 1 atom stereocenters. The van der Waals surface area contributed by atoms with Gasteiger partial charge in [-0.05, 0) is 40.3 Å². The zero-order chi connectivity index (χ0) is 33.4. The van der Waals surface area contributed by atoms with Gasteiger partial charge in [0.05, 0.1) is 42.9 Å². The van der Waals surface area contributed by atoms with Crippen molar-refractivity contribution in [3.63, 3.8) is 0 Å². The van der Waals surface area contributed by atoms with Crippen molar-refractivity contribution in [3.8, 4) is 0 Å². The van der Waals surface area contributed by atoms with Crippen LogP contribution >= 0.6 is 7.92 Å². The van der Waals surface area contributed by atoms with E-state index < -0.39 is 0 Å². The summed E-state index contributed by atoms with van der Waals surface area (Å²) in [5, 5.41) is 9.63. The summed E-state index contributed by atoms with van der Waals surface area (Å²) in [5.41, 5.74) is 7.44. The molecule has 0 spiro atoms. The van der Waals surface area contributed by atoms with Gasteiger partial charge in [0.1, 0.15) is 31.9 Å². The Kier molecular flexibility index (Phi) is 13.8. The van der Waals surface area contributed by atoms with Gasteiger partial charge in [0.15, 0.2) is 0 Å². The van der Waals surface area contributed by atoms with E-state index in [2.05, 4.69) is 120 Å². The molecule has 1 aliphatic heterocycles. The number of hydrogen-bond donors (Lipinski definition) is 0. The standard InChI is InChI=1S/C9H16NP.C8H10N2.C6H7N3.C6H10N2.C4H7N3.CH4/c1-7-8(2)10(4)6-11(5)9(7)3;1-7-8-4-3-5-10(8)6-9(7)2;1-8-5-9-4-2-3-6(9)7-8;1-5-6(2)8(3)4-7-5;1-4-5-3-7(2)6-4;/h6H,1-5H3;3-6H,1-2H3;2-5H,1H3;4H,1-3H3;3H,1-2H3;1H4. The average Bonchev–Trinajstić information content (AvgIpc) is 3.85. The maximum atomic E-state index is 4.15. The van der Waals surface area contributed by atoms with Gasteiger partial charge in [0.2, 0.25) is 0 Å². The van der Waals surface area contributed by atoms with Crippen LogP contribution in [0.25, 0.3) is 11.2 Å². The normalized spacial score (nSPS) is 13.8. The van der Waals surface area contributed by atoms with Gasteiger partial charge in [0, 0.05) is 26.0 Å². The quantitative estimate of drug-likeness (QED) is 0.141. The Hall–Kier alpha value is -4.37. The lowest BCUT2D eigenvalue weighted by molar-refractivity contribution is -0.731. The third kappa shape index (κ3) is 9.81. The summed E-state index contributed by atoms with van der Waals surface area (Å²) in [6, 6.07) is 9.52. The number of likely N-dealkylation sites (N-methyl/N-ethyl adjacent to an activating group) is 1. The number of imidazole rings is 2. The fourth-order valence-corrected chi connectivity index (χ4v) is 6.03. The molecule has 0 aromatic carbocycles. The van der Waals surface area contributed by atoms with Crippen molar-refractivity contribution in [2.24, 2.45) is 28.2 Å². The Labute approximate surface area is 276 Å². The zero-order valence-corrected chi connectivity index (χ0v) is 30.1. The van der Waals surface area contributed by atoms with E-state index in [1.807, 2.05) is 74.9 Å². The van der Waals surface area contributed by atoms with E-state index in [4.69, 9.17) is 0 Å². The molecule has 46 heavy (non-hydrogen) atoms. The predicted molar refractivity (Wildman–Crippen MR) is 186 cm³/mol. The smallest absolute Gasteiger partial charge is 0.322 e. The Morgan fingerprint density at radius 2 is 1.65 bits per heavy atom. The monoisotopic (exact) mass is 647 g/mol. The van der Waals surface area contributed by atoms with E-state index in [-0.39, 0.29) is 15.3 Å². The first-order valence-electron chi connectivity index (χ1n) is 14.8. The molecule has 0 aliphatic carbocycles. The number of hydrogen-bond acceptors (Lipinski definition) is 3. The summed E-state index contributed by atoms with van der Waals surface area (Å²) in [6.07, 6.45) is 11.5. The van der Waals surface area contributed by atoms with Crippen LogP contribution in [-0.2, 0) is 28.2 Å². The third-order valence-corrected chi connectivity index (χ3v) is 10.1. The molecule has 7 heterocycles. The lowest BCUT2D eigenvalue weighted by Crippen LogP contribution is -2.30. The van der Waals surface area contributed by atoms with E-state index in [0.29, 0.717) is 0 Å². The number of fused-ring (bicyclic) bond motifs is 2. The summed E-state index contributed by atoms with van der Waals surface area (Å²) in [5.74, 6) is 3.15. The maximum absolute atomic E-state index is 4.15. The summed E-state index contributed by atoms with van der Waals surface area (Å²) in [4.78, 5) is 7.95. The molecule has 0 saturated carbocycles. The molecule has 0 radical (unpaired) electrons. The molecule has 0 fully saturated rings. The molecule has 11 nitrogen and oxygen atoms in total. The largest absolute Gasteiger partial charge is 0.394 e. The number of nitrogens with zero attached hydrogens (tertiary/aromatic N) is 11. The first-order chi connectivity index (χ1) is 21.2. The lowest BCUT2D eigenvalue weighted by atomic mass is 10.1. The van der Waals surface area contributed by atoms with Gasteiger partial charge < -0.3 is 13.5 Å². The van der Waals surface area contributed by atoms with Crippen LogP contribution in [0.5, 0.6) is 0 Å². The van der Waals surface area contributed by atoms with E-state index in [9.17, 15) is 0 Å². The molecule has 6 aromatic rings. The molecule has 0 amide bonds. The number of rotatable bonds is 0. The minimum absolute atomic E-state index is 0. The molecule has 0 N–H and O–H groups in total. The van der Waals surface area contributed by atoms with Gasteiger partial charge in [-0.2, -0.15) is 17.2 Å². The van der Waals surface area contributed by atoms with Gasteiger partial charge in [0.25, 0.3) is 0 Å². The van der Waals surface area contributed by atoms with Gasteiger partial charge >= 0.3 is 6.33 Å². The summed E-state index contributed by atoms with van der Waals surface area (Å²) < 4.78 is 13.9. The number of allylic oxidation sites excluding steroid dienone is 1. The van der Waals surface area contributed by atoms with Crippen molar-refractivity contribution in [3.05, 3.63) is 102 Å².